The third-order valence-electron chi connectivity index (χ3n) is 2.49. The fourth-order valence-corrected chi connectivity index (χ4v) is 1.58. The fraction of sp³-hybridized carbons (Fsp3) is 0.385. The van der Waals surface area contributed by atoms with Crippen LogP contribution in [-0.2, 0) is 22.4 Å². The number of rotatable bonds is 4. The molecule has 3 nitrogen and oxygen atoms in total. The monoisotopic (exact) mass is 217 g/mol. The number of benzene rings is 1. The highest BCUT2D eigenvalue weighted by molar-refractivity contribution is 5.72. The van der Waals surface area contributed by atoms with E-state index in [-0.39, 0.29) is 5.97 Å². The molecule has 0 radical (unpaired) electrons. The van der Waals surface area contributed by atoms with Crippen molar-refractivity contribution >= 4 is 5.97 Å². The molecule has 0 aliphatic heterocycles. The molecule has 0 heterocycles. The summed E-state index contributed by atoms with van der Waals surface area (Å²) >= 11 is 0. The van der Waals surface area contributed by atoms with E-state index in [1.807, 2.05) is 25.1 Å². The van der Waals surface area contributed by atoms with Crippen molar-refractivity contribution in [2.75, 3.05) is 7.11 Å². The van der Waals surface area contributed by atoms with Crippen molar-refractivity contribution in [1.29, 1.82) is 5.26 Å². The Morgan fingerprint density at radius 2 is 2.25 bits per heavy atom. The lowest BCUT2D eigenvalue weighted by atomic mass is 10.0. The second-order valence-electron chi connectivity index (χ2n) is 3.67. The summed E-state index contributed by atoms with van der Waals surface area (Å²) in [5.74, 6) is -0.232. The van der Waals surface area contributed by atoms with Gasteiger partial charge in [-0.1, -0.05) is 18.2 Å². The molecule has 1 rings (SSSR count). The summed E-state index contributed by atoms with van der Waals surface area (Å²) in [5.41, 5.74) is 3.23. The Labute approximate surface area is 95.7 Å². The summed E-state index contributed by atoms with van der Waals surface area (Å²) < 4.78 is 4.61. The van der Waals surface area contributed by atoms with Crippen molar-refractivity contribution < 1.29 is 9.53 Å². The van der Waals surface area contributed by atoms with E-state index in [0.717, 1.165) is 23.1 Å². The molecule has 1 aromatic rings. The molecule has 0 amide bonds. The van der Waals surface area contributed by atoms with Crippen LogP contribution in [0, 0.1) is 18.3 Å². The number of nitriles is 1. The highest BCUT2D eigenvalue weighted by atomic mass is 16.5. The van der Waals surface area contributed by atoms with Gasteiger partial charge in [0.05, 0.1) is 19.6 Å². The van der Waals surface area contributed by atoms with E-state index in [4.69, 9.17) is 5.26 Å². The van der Waals surface area contributed by atoms with E-state index < -0.39 is 0 Å². The number of carbonyl (C=O) groups is 1. The van der Waals surface area contributed by atoms with Crippen LogP contribution in [0.3, 0.4) is 0 Å². The molecular weight excluding hydrogens is 202 g/mol. The highest BCUT2D eigenvalue weighted by Crippen LogP contribution is 2.13. The normalized spacial score (nSPS) is 9.56. The first-order valence-corrected chi connectivity index (χ1v) is 5.19. The number of methoxy groups -OCH3 is 1. The average molecular weight is 217 g/mol. The minimum absolute atomic E-state index is 0.232. The zero-order valence-corrected chi connectivity index (χ0v) is 9.62. The Balaban J connectivity index is 2.75. The van der Waals surface area contributed by atoms with Crippen molar-refractivity contribution in [3.8, 4) is 6.07 Å². The lowest BCUT2D eigenvalue weighted by molar-refractivity contribution is -0.139. The SMILES string of the molecule is COC(=O)Cc1ccc(CCC#N)c(C)c1. The van der Waals surface area contributed by atoms with Crippen molar-refractivity contribution in [2.45, 2.75) is 26.2 Å². The van der Waals surface area contributed by atoms with Crippen molar-refractivity contribution in [3.63, 3.8) is 0 Å². The van der Waals surface area contributed by atoms with E-state index in [9.17, 15) is 4.79 Å². The van der Waals surface area contributed by atoms with Gasteiger partial charge in [-0.05, 0) is 30.0 Å². The molecule has 0 fully saturated rings. The van der Waals surface area contributed by atoms with Crippen LogP contribution in [0.25, 0.3) is 0 Å². The van der Waals surface area contributed by atoms with Gasteiger partial charge < -0.3 is 4.74 Å². The summed E-state index contributed by atoms with van der Waals surface area (Å²) in [4.78, 5) is 11.1. The first-order chi connectivity index (χ1) is 7.67. The molecule has 1 aromatic carbocycles. The van der Waals surface area contributed by atoms with Crippen LogP contribution in [0.4, 0.5) is 0 Å². The minimum atomic E-state index is -0.232. The molecule has 0 N–H and O–H groups in total. The zero-order chi connectivity index (χ0) is 12.0. The number of ether oxygens (including phenoxy) is 1. The van der Waals surface area contributed by atoms with Crippen LogP contribution >= 0.6 is 0 Å². The predicted octanol–water partition coefficient (Wildman–Crippen LogP) is 2.17. The van der Waals surface area contributed by atoms with E-state index in [0.29, 0.717) is 12.8 Å². The highest BCUT2D eigenvalue weighted by Gasteiger charge is 2.05. The number of nitrogens with zero attached hydrogens (tertiary/aromatic N) is 1. The number of esters is 1. The molecule has 0 aromatic heterocycles. The van der Waals surface area contributed by atoms with Gasteiger partial charge >= 0.3 is 5.97 Å². The van der Waals surface area contributed by atoms with Gasteiger partial charge in [-0.15, -0.1) is 0 Å². The first-order valence-electron chi connectivity index (χ1n) is 5.19. The molecule has 3 heteroatoms. The molecular formula is C13H15NO2. The Bertz CT molecular complexity index is 418. The number of carbonyl (C=O) groups excluding carboxylic acids is 1. The van der Waals surface area contributed by atoms with Gasteiger partial charge in [-0.25, -0.2) is 0 Å². The molecule has 0 bridgehead atoms. The Morgan fingerprint density at radius 1 is 1.50 bits per heavy atom. The first kappa shape index (κ1) is 12.3. The Hall–Kier alpha value is -1.82. The van der Waals surface area contributed by atoms with Gasteiger partial charge in [-0.2, -0.15) is 5.26 Å². The number of aryl methyl sites for hydroxylation is 2. The van der Waals surface area contributed by atoms with Gasteiger partial charge in [0.25, 0.3) is 0 Å². The predicted molar refractivity (Wildman–Crippen MR) is 60.8 cm³/mol. The van der Waals surface area contributed by atoms with E-state index in [1.165, 1.54) is 7.11 Å². The molecule has 0 aliphatic carbocycles. The third kappa shape index (κ3) is 3.39. The Kier molecular flexibility index (Phi) is 4.53. The van der Waals surface area contributed by atoms with Crippen LogP contribution in [0.5, 0.6) is 0 Å². The molecule has 0 spiro atoms. The second kappa shape index (κ2) is 5.92. The third-order valence-corrected chi connectivity index (χ3v) is 2.49. The van der Waals surface area contributed by atoms with Crippen LogP contribution in [-0.4, -0.2) is 13.1 Å². The summed E-state index contributed by atoms with van der Waals surface area (Å²) in [6, 6.07) is 7.99. The quantitative estimate of drug-likeness (QED) is 0.726. The molecule has 84 valence electrons. The molecule has 0 atom stereocenters. The standard InChI is InChI=1S/C13H15NO2/c1-10-8-11(9-13(15)16-2)5-6-12(10)4-3-7-14/h5-6,8H,3-4,9H2,1-2H3. The van der Waals surface area contributed by atoms with Gasteiger partial charge in [0.2, 0.25) is 0 Å². The largest absolute Gasteiger partial charge is 0.469 e. The Morgan fingerprint density at radius 3 is 2.81 bits per heavy atom. The maximum absolute atomic E-state index is 11.1. The summed E-state index contributed by atoms with van der Waals surface area (Å²) in [6.45, 7) is 1.99. The number of hydrogen-bond acceptors (Lipinski definition) is 3. The van der Waals surface area contributed by atoms with Gasteiger partial charge in [0.15, 0.2) is 0 Å². The van der Waals surface area contributed by atoms with Crippen molar-refractivity contribution in [1.82, 2.24) is 0 Å². The van der Waals surface area contributed by atoms with Crippen molar-refractivity contribution in [3.05, 3.63) is 34.9 Å². The number of hydrogen-bond donors (Lipinski definition) is 0. The molecule has 16 heavy (non-hydrogen) atoms. The summed E-state index contributed by atoms with van der Waals surface area (Å²) in [6.07, 6.45) is 1.59. The lowest BCUT2D eigenvalue weighted by Gasteiger charge is -2.06. The summed E-state index contributed by atoms with van der Waals surface area (Å²) in [5, 5.41) is 8.51. The van der Waals surface area contributed by atoms with Crippen LogP contribution in [0.1, 0.15) is 23.1 Å². The molecule has 0 saturated heterocycles. The molecule has 0 aliphatic rings. The van der Waals surface area contributed by atoms with E-state index in [1.54, 1.807) is 0 Å². The minimum Gasteiger partial charge on any atom is -0.469 e. The van der Waals surface area contributed by atoms with Crippen LogP contribution in [0.15, 0.2) is 18.2 Å². The maximum atomic E-state index is 11.1. The lowest BCUT2D eigenvalue weighted by Crippen LogP contribution is -2.05. The smallest absolute Gasteiger partial charge is 0.309 e. The van der Waals surface area contributed by atoms with Crippen molar-refractivity contribution in [2.24, 2.45) is 0 Å². The molecule has 0 unspecified atom stereocenters. The zero-order valence-electron chi connectivity index (χ0n) is 9.62. The topological polar surface area (TPSA) is 50.1 Å². The van der Waals surface area contributed by atoms with E-state index in [2.05, 4.69) is 10.8 Å². The van der Waals surface area contributed by atoms with Gasteiger partial charge in [0, 0.05) is 6.42 Å². The average Bonchev–Trinajstić information content (AvgIpc) is 2.28. The van der Waals surface area contributed by atoms with Gasteiger partial charge in [0.1, 0.15) is 0 Å². The van der Waals surface area contributed by atoms with Crippen LogP contribution < -0.4 is 0 Å². The summed E-state index contributed by atoms with van der Waals surface area (Å²) in [7, 11) is 1.39. The van der Waals surface area contributed by atoms with Gasteiger partial charge in [-0.3, -0.25) is 4.79 Å². The second-order valence-corrected chi connectivity index (χ2v) is 3.67. The van der Waals surface area contributed by atoms with Crippen LogP contribution in [0.2, 0.25) is 0 Å². The van der Waals surface area contributed by atoms with E-state index >= 15 is 0 Å². The maximum Gasteiger partial charge on any atom is 0.309 e. The molecule has 0 saturated carbocycles. The fourth-order valence-electron chi connectivity index (χ4n) is 1.58.